The third kappa shape index (κ3) is 5.52. The Hall–Kier alpha value is -1.33. The molecule has 1 aromatic heterocycles. The van der Waals surface area contributed by atoms with E-state index in [1.165, 1.54) is 17.0 Å². The Bertz CT molecular complexity index is 513. The van der Waals surface area contributed by atoms with Gasteiger partial charge in [-0.05, 0) is 24.5 Å². The first-order chi connectivity index (χ1) is 9.70. The number of carbonyl (C=O) groups excluding carboxylic acids is 2. The van der Waals surface area contributed by atoms with Crippen LogP contribution in [0.25, 0.3) is 0 Å². The zero-order valence-electron chi connectivity index (χ0n) is 12.5. The molecule has 1 atom stereocenters. The number of pyridine rings is 1. The van der Waals surface area contributed by atoms with Crippen LogP contribution in [0.3, 0.4) is 0 Å². The molecule has 1 rings (SSSR count). The van der Waals surface area contributed by atoms with E-state index in [0.29, 0.717) is 6.42 Å². The van der Waals surface area contributed by atoms with Crippen molar-refractivity contribution in [3.05, 3.63) is 28.0 Å². The van der Waals surface area contributed by atoms with Gasteiger partial charge in [-0.2, -0.15) is 0 Å². The molecule has 21 heavy (non-hydrogen) atoms. The van der Waals surface area contributed by atoms with E-state index in [2.05, 4.69) is 10.3 Å². The van der Waals surface area contributed by atoms with Gasteiger partial charge in [-0.25, -0.2) is 4.98 Å². The highest BCUT2D eigenvalue weighted by molar-refractivity contribution is 6.33. The molecule has 2 amide bonds. The fraction of sp³-hybridized carbons (Fsp3) is 0.500. The van der Waals surface area contributed by atoms with Crippen LogP contribution < -0.4 is 5.32 Å². The largest absolute Gasteiger partial charge is 0.347 e. The van der Waals surface area contributed by atoms with Gasteiger partial charge in [0.05, 0.1) is 0 Å². The van der Waals surface area contributed by atoms with Gasteiger partial charge in [0.15, 0.2) is 0 Å². The normalized spacial score (nSPS) is 12.1. The van der Waals surface area contributed by atoms with Crippen LogP contribution in [0.2, 0.25) is 10.3 Å². The molecule has 0 aromatic carbocycles. The zero-order valence-corrected chi connectivity index (χ0v) is 14.0. The van der Waals surface area contributed by atoms with E-state index in [-0.39, 0.29) is 27.7 Å². The van der Waals surface area contributed by atoms with Crippen molar-refractivity contribution in [1.29, 1.82) is 0 Å². The third-order valence-corrected chi connectivity index (χ3v) is 3.16. The molecule has 1 N–H and O–H groups in total. The Kier molecular flexibility index (Phi) is 6.42. The van der Waals surface area contributed by atoms with Crippen LogP contribution in [0.5, 0.6) is 0 Å². The van der Waals surface area contributed by atoms with Crippen LogP contribution in [-0.4, -0.2) is 41.8 Å². The number of nitrogens with zero attached hydrogens (tertiary/aromatic N) is 2. The summed E-state index contributed by atoms with van der Waals surface area (Å²) in [4.78, 5) is 29.6. The number of rotatable bonds is 5. The van der Waals surface area contributed by atoms with Gasteiger partial charge >= 0.3 is 0 Å². The Morgan fingerprint density at radius 3 is 2.19 bits per heavy atom. The topological polar surface area (TPSA) is 62.3 Å². The highest BCUT2D eigenvalue weighted by Gasteiger charge is 2.24. The van der Waals surface area contributed by atoms with Crippen LogP contribution in [0.4, 0.5) is 0 Å². The molecule has 7 heteroatoms. The average molecular weight is 332 g/mol. The third-order valence-electron chi connectivity index (χ3n) is 2.78. The maximum absolute atomic E-state index is 12.2. The number of likely N-dealkylation sites (N-methyl/N-ethyl adjacent to an activating group) is 1. The molecule has 0 bridgehead atoms. The van der Waals surface area contributed by atoms with Crippen molar-refractivity contribution in [1.82, 2.24) is 15.2 Å². The predicted octanol–water partition coefficient (Wildman–Crippen LogP) is 2.62. The van der Waals surface area contributed by atoms with Gasteiger partial charge < -0.3 is 10.2 Å². The summed E-state index contributed by atoms with van der Waals surface area (Å²) in [5.74, 6) is -0.283. The van der Waals surface area contributed by atoms with Gasteiger partial charge in [0.25, 0.3) is 5.91 Å². The standard InChI is InChI=1S/C14H19Cl2N3O2/c1-8(2)5-10(14(21)19(3)4)17-13(20)9-6-11(15)18-12(16)7-9/h6-8,10H,5H2,1-4H3,(H,17,20). The molecule has 1 heterocycles. The molecule has 0 radical (unpaired) electrons. The van der Waals surface area contributed by atoms with Crippen molar-refractivity contribution in [3.63, 3.8) is 0 Å². The number of hydrogen-bond acceptors (Lipinski definition) is 3. The number of halogens is 2. The van der Waals surface area contributed by atoms with E-state index in [4.69, 9.17) is 23.2 Å². The molecule has 0 aliphatic heterocycles. The fourth-order valence-electron chi connectivity index (χ4n) is 1.84. The monoisotopic (exact) mass is 331 g/mol. The van der Waals surface area contributed by atoms with Crippen molar-refractivity contribution in [2.24, 2.45) is 5.92 Å². The zero-order chi connectivity index (χ0) is 16.2. The molecule has 0 saturated heterocycles. The molecule has 0 aliphatic rings. The number of amides is 2. The fourth-order valence-corrected chi connectivity index (χ4v) is 2.30. The lowest BCUT2D eigenvalue weighted by Gasteiger charge is -2.23. The van der Waals surface area contributed by atoms with E-state index >= 15 is 0 Å². The van der Waals surface area contributed by atoms with Crippen LogP contribution in [0.15, 0.2) is 12.1 Å². The Balaban J connectivity index is 2.91. The predicted molar refractivity (Wildman–Crippen MR) is 83.7 cm³/mol. The number of aromatic nitrogens is 1. The molecule has 0 spiro atoms. The summed E-state index contributed by atoms with van der Waals surface area (Å²) < 4.78 is 0. The van der Waals surface area contributed by atoms with Crippen LogP contribution >= 0.6 is 23.2 Å². The summed E-state index contributed by atoms with van der Waals surface area (Å²) in [7, 11) is 3.31. The van der Waals surface area contributed by atoms with Gasteiger partial charge in [-0.3, -0.25) is 9.59 Å². The summed E-state index contributed by atoms with van der Waals surface area (Å²) in [6, 6.07) is 2.24. The first-order valence-corrected chi connectivity index (χ1v) is 7.31. The molecular weight excluding hydrogens is 313 g/mol. The summed E-state index contributed by atoms with van der Waals surface area (Å²) in [6.07, 6.45) is 0.551. The summed E-state index contributed by atoms with van der Waals surface area (Å²) >= 11 is 11.6. The number of hydrogen-bond donors (Lipinski definition) is 1. The minimum absolute atomic E-state index is 0.131. The lowest BCUT2D eigenvalue weighted by atomic mass is 10.0. The number of nitrogens with one attached hydrogen (secondary N) is 1. The maximum atomic E-state index is 12.2. The lowest BCUT2D eigenvalue weighted by molar-refractivity contribution is -0.131. The van der Waals surface area contributed by atoms with Gasteiger partial charge in [0.1, 0.15) is 16.3 Å². The lowest BCUT2D eigenvalue weighted by Crippen LogP contribution is -2.46. The van der Waals surface area contributed by atoms with Gasteiger partial charge in [-0.1, -0.05) is 37.0 Å². The van der Waals surface area contributed by atoms with Crippen molar-refractivity contribution in [2.75, 3.05) is 14.1 Å². The Labute approximate surface area is 134 Å². The van der Waals surface area contributed by atoms with Crippen molar-refractivity contribution >= 4 is 35.0 Å². The maximum Gasteiger partial charge on any atom is 0.252 e. The molecule has 0 fully saturated rings. The second kappa shape index (κ2) is 7.61. The second-order valence-electron chi connectivity index (χ2n) is 5.39. The van der Waals surface area contributed by atoms with Crippen LogP contribution in [-0.2, 0) is 4.79 Å². The molecular formula is C14H19Cl2N3O2. The summed E-state index contributed by atoms with van der Waals surface area (Å²) in [5, 5.41) is 2.99. The minimum atomic E-state index is -0.585. The van der Waals surface area contributed by atoms with Gasteiger partial charge in [0, 0.05) is 19.7 Å². The Morgan fingerprint density at radius 1 is 1.24 bits per heavy atom. The van der Waals surface area contributed by atoms with Crippen LogP contribution in [0.1, 0.15) is 30.6 Å². The SMILES string of the molecule is CC(C)CC(NC(=O)c1cc(Cl)nc(Cl)c1)C(=O)N(C)C. The van der Waals surface area contributed by atoms with Crippen molar-refractivity contribution in [3.8, 4) is 0 Å². The first-order valence-electron chi connectivity index (χ1n) is 6.55. The van der Waals surface area contributed by atoms with Gasteiger partial charge in [-0.15, -0.1) is 0 Å². The quantitative estimate of drug-likeness (QED) is 0.843. The van der Waals surface area contributed by atoms with Gasteiger partial charge in [0.2, 0.25) is 5.91 Å². The second-order valence-corrected chi connectivity index (χ2v) is 6.16. The first kappa shape index (κ1) is 17.7. The molecule has 1 unspecified atom stereocenters. The van der Waals surface area contributed by atoms with Crippen molar-refractivity contribution < 1.29 is 9.59 Å². The highest BCUT2D eigenvalue weighted by Crippen LogP contribution is 2.15. The molecule has 0 saturated carbocycles. The van der Waals surface area contributed by atoms with E-state index in [1.807, 2.05) is 13.8 Å². The molecule has 116 valence electrons. The van der Waals surface area contributed by atoms with Crippen molar-refractivity contribution in [2.45, 2.75) is 26.3 Å². The molecule has 0 aliphatic carbocycles. The van der Waals surface area contributed by atoms with Crippen LogP contribution in [0, 0.1) is 5.92 Å². The summed E-state index contributed by atoms with van der Waals surface area (Å²) in [6.45, 7) is 3.98. The Morgan fingerprint density at radius 2 is 1.76 bits per heavy atom. The highest BCUT2D eigenvalue weighted by atomic mass is 35.5. The number of carbonyl (C=O) groups is 2. The molecule has 5 nitrogen and oxygen atoms in total. The van der Waals surface area contributed by atoms with E-state index in [1.54, 1.807) is 14.1 Å². The minimum Gasteiger partial charge on any atom is -0.347 e. The summed E-state index contributed by atoms with van der Waals surface area (Å²) in [5.41, 5.74) is 0.278. The van der Waals surface area contributed by atoms with E-state index in [0.717, 1.165) is 0 Å². The smallest absolute Gasteiger partial charge is 0.252 e. The average Bonchev–Trinajstić information content (AvgIpc) is 2.35. The molecule has 1 aromatic rings. The van der Waals surface area contributed by atoms with E-state index in [9.17, 15) is 9.59 Å². The van der Waals surface area contributed by atoms with E-state index < -0.39 is 11.9 Å².